The van der Waals surface area contributed by atoms with Crippen molar-refractivity contribution in [3.63, 3.8) is 0 Å². The minimum absolute atomic E-state index is 0.0505. The Morgan fingerprint density at radius 2 is 2.00 bits per heavy atom. The number of fused-ring (bicyclic) bond motifs is 1. The van der Waals surface area contributed by atoms with Crippen molar-refractivity contribution in [1.82, 2.24) is 0 Å². The highest BCUT2D eigenvalue weighted by molar-refractivity contribution is 6.32. The zero-order valence-corrected chi connectivity index (χ0v) is 12.4. The van der Waals surface area contributed by atoms with Gasteiger partial charge < -0.3 is 19.9 Å². The summed E-state index contributed by atoms with van der Waals surface area (Å²) in [6.07, 6.45) is 0. The van der Waals surface area contributed by atoms with Crippen LogP contribution in [0.15, 0.2) is 36.4 Å². The Morgan fingerprint density at radius 1 is 1.19 bits per heavy atom. The molecule has 2 aromatic carbocycles. The number of rotatable bonds is 4. The summed E-state index contributed by atoms with van der Waals surface area (Å²) >= 11 is 6.21. The summed E-state index contributed by atoms with van der Waals surface area (Å²) in [5, 5.41) is 0.561. The second kappa shape index (κ2) is 5.84. The minimum Gasteiger partial charge on any atom is -0.487 e. The Kier molecular flexibility index (Phi) is 3.90. The minimum atomic E-state index is -0.0505. The third kappa shape index (κ3) is 3.06. The lowest BCUT2D eigenvalue weighted by Gasteiger charge is -2.11. The molecule has 0 fully saturated rings. The first-order valence-electron chi connectivity index (χ1n) is 6.70. The fourth-order valence-corrected chi connectivity index (χ4v) is 2.35. The number of hydrogen-bond acceptors (Lipinski definition) is 4. The molecule has 1 unspecified atom stereocenters. The summed E-state index contributed by atoms with van der Waals surface area (Å²) < 4.78 is 16.4. The molecule has 0 radical (unpaired) electrons. The first-order chi connectivity index (χ1) is 10.1. The average molecular weight is 306 g/mol. The van der Waals surface area contributed by atoms with Gasteiger partial charge in [0.25, 0.3) is 0 Å². The maximum Gasteiger partial charge on any atom is 0.231 e. The molecule has 2 N–H and O–H groups in total. The van der Waals surface area contributed by atoms with Crippen molar-refractivity contribution in [3.8, 4) is 17.2 Å². The molecular weight excluding hydrogens is 290 g/mol. The molecule has 1 atom stereocenters. The Labute approximate surface area is 128 Å². The first-order valence-corrected chi connectivity index (χ1v) is 7.07. The maximum absolute atomic E-state index is 6.21. The smallest absolute Gasteiger partial charge is 0.231 e. The van der Waals surface area contributed by atoms with E-state index in [0.29, 0.717) is 17.4 Å². The van der Waals surface area contributed by atoms with Crippen LogP contribution in [0.3, 0.4) is 0 Å². The van der Waals surface area contributed by atoms with Gasteiger partial charge in [0.2, 0.25) is 6.79 Å². The molecular formula is C16H16ClNO3. The van der Waals surface area contributed by atoms with E-state index in [1.54, 1.807) is 0 Å². The fraction of sp³-hybridized carbons (Fsp3) is 0.250. The van der Waals surface area contributed by atoms with Gasteiger partial charge >= 0.3 is 0 Å². The number of hydrogen-bond donors (Lipinski definition) is 1. The Morgan fingerprint density at radius 3 is 2.76 bits per heavy atom. The summed E-state index contributed by atoms with van der Waals surface area (Å²) in [6.45, 7) is 2.59. The molecule has 21 heavy (non-hydrogen) atoms. The van der Waals surface area contributed by atoms with E-state index in [2.05, 4.69) is 0 Å². The van der Waals surface area contributed by atoms with Crippen molar-refractivity contribution in [1.29, 1.82) is 0 Å². The molecule has 0 aliphatic carbocycles. The third-order valence-corrected chi connectivity index (χ3v) is 3.61. The molecule has 5 heteroatoms. The molecule has 1 heterocycles. The second-order valence-corrected chi connectivity index (χ2v) is 5.36. The molecule has 0 aromatic heterocycles. The van der Waals surface area contributed by atoms with Gasteiger partial charge in [-0.1, -0.05) is 23.7 Å². The molecule has 0 spiro atoms. The SMILES string of the molecule is CC(N)c1ccc(OCc2ccc3c(c2)OCO3)c(Cl)c1. The van der Waals surface area contributed by atoms with Gasteiger partial charge in [-0.05, 0) is 42.3 Å². The molecule has 0 saturated heterocycles. The zero-order valence-electron chi connectivity index (χ0n) is 11.6. The fourth-order valence-electron chi connectivity index (χ4n) is 2.11. The quantitative estimate of drug-likeness (QED) is 0.936. The van der Waals surface area contributed by atoms with E-state index >= 15 is 0 Å². The van der Waals surface area contributed by atoms with Gasteiger partial charge in [-0.2, -0.15) is 0 Å². The van der Waals surface area contributed by atoms with Crippen molar-refractivity contribution in [2.24, 2.45) is 5.73 Å². The van der Waals surface area contributed by atoms with Gasteiger partial charge in [-0.25, -0.2) is 0 Å². The monoisotopic (exact) mass is 305 g/mol. The van der Waals surface area contributed by atoms with Gasteiger partial charge in [0.1, 0.15) is 12.4 Å². The Balaban J connectivity index is 1.70. The van der Waals surface area contributed by atoms with Crippen LogP contribution in [0, 0.1) is 0 Å². The highest BCUT2D eigenvalue weighted by atomic mass is 35.5. The Hall–Kier alpha value is -1.91. The van der Waals surface area contributed by atoms with Crippen LogP contribution in [0.4, 0.5) is 0 Å². The summed E-state index contributed by atoms with van der Waals surface area (Å²) in [4.78, 5) is 0. The molecule has 0 saturated carbocycles. The van der Waals surface area contributed by atoms with Gasteiger partial charge in [0.05, 0.1) is 5.02 Å². The normalized spacial score (nSPS) is 14.0. The lowest BCUT2D eigenvalue weighted by atomic mass is 10.1. The van der Waals surface area contributed by atoms with Gasteiger partial charge in [-0.3, -0.25) is 0 Å². The van der Waals surface area contributed by atoms with Crippen LogP contribution in [0.2, 0.25) is 5.02 Å². The number of benzene rings is 2. The van der Waals surface area contributed by atoms with Crippen LogP contribution >= 0.6 is 11.6 Å². The van der Waals surface area contributed by atoms with Crippen LogP contribution in [0.25, 0.3) is 0 Å². The standard InChI is InChI=1S/C16H16ClNO3/c1-10(18)12-3-5-14(13(17)7-12)19-8-11-2-4-15-16(6-11)21-9-20-15/h2-7,10H,8-9,18H2,1H3. The topological polar surface area (TPSA) is 53.7 Å². The highest BCUT2D eigenvalue weighted by Crippen LogP contribution is 2.33. The van der Waals surface area contributed by atoms with Crippen molar-refractivity contribution in [2.75, 3.05) is 6.79 Å². The van der Waals surface area contributed by atoms with Crippen LogP contribution in [-0.2, 0) is 6.61 Å². The molecule has 110 valence electrons. The van der Waals surface area contributed by atoms with Crippen LogP contribution in [0.1, 0.15) is 24.1 Å². The van der Waals surface area contributed by atoms with Crippen molar-refractivity contribution < 1.29 is 14.2 Å². The van der Waals surface area contributed by atoms with E-state index in [0.717, 1.165) is 22.6 Å². The van der Waals surface area contributed by atoms with E-state index in [1.807, 2.05) is 43.3 Å². The van der Waals surface area contributed by atoms with E-state index in [1.165, 1.54) is 0 Å². The second-order valence-electron chi connectivity index (χ2n) is 4.95. The van der Waals surface area contributed by atoms with Crippen LogP contribution in [0.5, 0.6) is 17.2 Å². The predicted molar refractivity (Wildman–Crippen MR) is 81.0 cm³/mol. The summed E-state index contributed by atoms with van der Waals surface area (Å²) in [5.74, 6) is 2.14. The highest BCUT2D eigenvalue weighted by Gasteiger charge is 2.13. The van der Waals surface area contributed by atoms with Crippen LogP contribution in [-0.4, -0.2) is 6.79 Å². The summed E-state index contributed by atoms with van der Waals surface area (Å²) in [7, 11) is 0. The Bertz CT molecular complexity index is 658. The number of halogens is 1. The number of nitrogens with two attached hydrogens (primary N) is 1. The molecule has 0 bridgehead atoms. The predicted octanol–water partition coefficient (Wildman–Crippen LogP) is 3.67. The molecule has 1 aliphatic rings. The first kappa shape index (κ1) is 14.0. The average Bonchev–Trinajstić information content (AvgIpc) is 2.93. The largest absolute Gasteiger partial charge is 0.487 e. The van der Waals surface area contributed by atoms with E-state index in [-0.39, 0.29) is 12.8 Å². The van der Waals surface area contributed by atoms with E-state index in [4.69, 9.17) is 31.5 Å². The van der Waals surface area contributed by atoms with Crippen molar-refractivity contribution >= 4 is 11.6 Å². The third-order valence-electron chi connectivity index (χ3n) is 3.31. The molecule has 2 aromatic rings. The molecule has 4 nitrogen and oxygen atoms in total. The van der Waals surface area contributed by atoms with Gasteiger partial charge in [-0.15, -0.1) is 0 Å². The van der Waals surface area contributed by atoms with E-state index < -0.39 is 0 Å². The summed E-state index contributed by atoms with van der Waals surface area (Å²) in [6, 6.07) is 11.3. The van der Waals surface area contributed by atoms with Crippen molar-refractivity contribution in [3.05, 3.63) is 52.5 Å². The molecule has 3 rings (SSSR count). The lowest BCUT2D eigenvalue weighted by molar-refractivity contribution is 0.174. The van der Waals surface area contributed by atoms with Crippen LogP contribution < -0.4 is 19.9 Å². The van der Waals surface area contributed by atoms with Gasteiger partial charge in [0.15, 0.2) is 11.5 Å². The van der Waals surface area contributed by atoms with E-state index in [9.17, 15) is 0 Å². The zero-order chi connectivity index (χ0) is 14.8. The van der Waals surface area contributed by atoms with Gasteiger partial charge in [0, 0.05) is 6.04 Å². The molecule has 0 amide bonds. The molecule has 1 aliphatic heterocycles. The summed E-state index contributed by atoms with van der Waals surface area (Å²) in [5.41, 5.74) is 7.80. The lowest BCUT2D eigenvalue weighted by Crippen LogP contribution is -2.05. The maximum atomic E-state index is 6.21. The van der Waals surface area contributed by atoms with Crippen molar-refractivity contribution in [2.45, 2.75) is 19.6 Å². The number of ether oxygens (including phenoxy) is 3.